The molecule has 0 aromatic carbocycles. The third kappa shape index (κ3) is 14.8. The predicted octanol–water partition coefficient (Wildman–Crippen LogP) is 1.19. The molecule has 0 spiro atoms. The summed E-state index contributed by atoms with van der Waals surface area (Å²) in [5.74, 6) is -1.81. The standard InChI is InChI=1S/C41H72N6O18/c1-13-21-27(51)24(48)17(2)33(57-21)61-31-23(16-44-47-42)59-35(29(31)53)62-32-26(50)19(45-37(55)64-40(7,8)9)14-20(46-38(56)65-41(10,11)12)30(32)60-34-18(3)25(49)28(52)22(58-34)15-43-36(54)63-39(4,5)6/h17-35,48-53H,13-16H2,1-12H3,(H,43,54)(H,45,55)(H,46,56)/t17?,18?,19-,20?,21+,22?,23-,24?,25-,26?,27?,28?,29+,30?,31?,32-,33-,34-,35+/m1/s1. The van der Waals surface area contributed by atoms with Gasteiger partial charge in [0.2, 0.25) is 0 Å². The molecule has 3 heterocycles. The molecular formula is C41H72N6O18. The van der Waals surface area contributed by atoms with E-state index in [0.717, 1.165) is 0 Å². The molecule has 24 nitrogen and oxygen atoms in total. The van der Waals surface area contributed by atoms with Crippen LogP contribution in [0.3, 0.4) is 0 Å². The van der Waals surface area contributed by atoms with Gasteiger partial charge in [0, 0.05) is 23.3 Å². The number of azide groups is 1. The van der Waals surface area contributed by atoms with Crippen molar-refractivity contribution in [2.75, 3.05) is 13.1 Å². The van der Waals surface area contributed by atoms with Crippen molar-refractivity contribution < 1.29 is 87.7 Å². The highest BCUT2D eigenvalue weighted by Crippen LogP contribution is 2.38. The number of aliphatic hydroxyl groups excluding tert-OH is 6. The number of nitrogens with one attached hydrogen (secondary N) is 3. The Morgan fingerprint density at radius 1 is 0.600 bits per heavy atom. The van der Waals surface area contributed by atoms with Crippen molar-refractivity contribution in [3.8, 4) is 0 Å². The summed E-state index contributed by atoms with van der Waals surface area (Å²) in [5.41, 5.74) is 6.42. The number of alkyl carbamates (subject to hydrolysis) is 3. The highest BCUT2D eigenvalue weighted by Gasteiger charge is 2.56. The van der Waals surface area contributed by atoms with Crippen molar-refractivity contribution >= 4 is 18.3 Å². The number of amides is 3. The summed E-state index contributed by atoms with van der Waals surface area (Å²) in [6, 6.07) is -2.48. The first-order valence-electron chi connectivity index (χ1n) is 22.0. The summed E-state index contributed by atoms with van der Waals surface area (Å²) < 4.78 is 53.7. The molecule has 65 heavy (non-hydrogen) atoms. The zero-order valence-corrected chi connectivity index (χ0v) is 39.2. The second-order valence-electron chi connectivity index (χ2n) is 20.0. The first-order chi connectivity index (χ1) is 30.0. The maximum atomic E-state index is 13.5. The Labute approximate surface area is 378 Å². The van der Waals surface area contributed by atoms with E-state index in [2.05, 4.69) is 26.0 Å². The van der Waals surface area contributed by atoms with Crippen LogP contribution in [0.5, 0.6) is 0 Å². The Kier molecular flexibility index (Phi) is 18.5. The second-order valence-corrected chi connectivity index (χ2v) is 20.0. The average molecular weight is 937 g/mol. The number of carbonyl (C=O) groups excluding carboxylic acids is 3. The first-order valence-corrected chi connectivity index (χ1v) is 22.0. The fourth-order valence-corrected chi connectivity index (χ4v) is 7.90. The predicted molar refractivity (Wildman–Crippen MR) is 224 cm³/mol. The van der Waals surface area contributed by atoms with E-state index in [4.69, 9.17) is 42.6 Å². The van der Waals surface area contributed by atoms with Gasteiger partial charge in [-0.1, -0.05) is 25.9 Å². The van der Waals surface area contributed by atoms with Gasteiger partial charge in [0.25, 0.3) is 0 Å². The number of carbonyl (C=O) groups is 3. The van der Waals surface area contributed by atoms with E-state index in [1.165, 1.54) is 6.92 Å². The highest BCUT2D eigenvalue weighted by atomic mass is 16.8. The molecule has 4 fully saturated rings. The number of hydrogen-bond donors (Lipinski definition) is 9. The minimum Gasteiger partial charge on any atom is -0.444 e. The lowest BCUT2D eigenvalue weighted by Gasteiger charge is -2.48. The van der Waals surface area contributed by atoms with E-state index in [-0.39, 0.29) is 13.0 Å². The molecule has 3 amide bonds. The van der Waals surface area contributed by atoms with E-state index in [1.54, 1.807) is 76.2 Å². The van der Waals surface area contributed by atoms with E-state index in [0.29, 0.717) is 6.42 Å². The van der Waals surface area contributed by atoms with Gasteiger partial charge in [-0.3, -0.25) is 0 Å². The first kappa shape index (κ1) is 54.2. The Morgan fingerprint density at radius 3 is 1.55 bits per heavy atom. The van der Waals surface area contributed by atoms with Crippen LogP contribution in [0.2, 0.25) is 0 Å². The minimum absolute atomic E-state index is 0.247. The summed E-state index contributed by atoms with van der Waals surface area (Å²) in [7, 11) is 0. The van der Waals surface area contributed by atoms with Crippen LogP contribution in [0.15, 0.2) is 5.11 Å². The largest absolute Gasteiger partial charge is 0.444 e. The summed E-state index contributed by atoms with van der Waals surface area (Å²) >= 11 is 0. The summed E-state index contributed by atoms with van der Waals surface area (Å²) in [4.78, 5) is 42.0. The van der Waals surface area contributed by atoms with Gasteiger partial charge in [-0.05, 0) is 80.7 Å². The molecule has 9 N–H and O–H groups in total. The number of ether oxygens (including phenoxy) is 9. The fraction of sp³-hybridized carbons (Fsp3) is 0.927. The van der Waals surface area contributed by atoms with Crippen LogP contribution in [0, 0.1) is 11.8 Å². The third-order valence-electron chi connectivity index (χ3n) is 11.1. The smallest absolute Gasteiger partial charge is 0.407 e. The van der Waals surface area contributed by atoms with Gasteiger partial charge < -0.3 is 89.2 Å². The number of nitrogens with zero attached hydrogens (tertiary/aromatic N) is 3. The maximum Gasteiger partial charge on any atom is 0.407 e. The monoisotopic (exact) mass is 936 g/mol. The van der Waals surface area contributed by atoms with E-state index in [9.17, 15) is 50.6 Å². The van der Waals surface area contributed by atoms with E-state index < -0.39 is 158 Å². The van der Waals surface area contributed by atoms with Gasteiger partial charge in [-0.25, -0.2) is 14.4 Å². The zero-order valence-electron chi connectivity index (χ0n) is 39.2. The number of rotatable bonds is 13. The normalized spacial score (nSPS) is 39.1. The summed E-state index contributed by atoms with van der Waals surface area (Å²) in [6.45, 7) is 18.9. The van der Waals surface area contributed by atoms with Crippen LogP contribution in [0.1, 0.15) is 95.9 Å². The van der Waals surface area contributed by atoms with Gasteiger partial charge in [0.1, 0.15) is 65.6 Å². The van der Waals surface area contributed by atoms with Crippen LogP contribution in [0.25, 0.3) is 10.4 Å². The molecule has 374 valence electrons. The molecule has 3 aliphatic heterocycles. The van der Waals surface area contributed by atoms with Crippen molar-refractivity contribution in [2.45, 2.75) is 217 Å². The molecule has 1 aliphatic carbocycles. The summed E-state index contributed by atoms with van der Waals surface area (Å²) in [5, 5.41) is 79.2. The van der Waals surface area contributed by atoms with E-state index in [1.807, 2.05) is 0 Å². The molecule has 3 saturated heterocycles. The van der Waals surface area contributed by atoms with Crippen LogP contribution in [-0.2, 0) is 42.6 Å². The molecule has 10 unspecified atom stereocenters. The molecule has 0 aromatic heterocycles. The molecule has 1 saturated carbocycles. The van der Waals surface area contributed by atoms with Gasteiger partial charge in [0.05, 0.1) is 43.0 Å². The maximum absolute atomic E-state index is 13.5. The minimum atomic E-state index is -1.74. The van der Waals surface area contributed by atoms with Crippen molar-refractivity contribution in [3.05, 3.63) is 10.4 Å². The van der Waals surface area contributed by atoms with Gasteiger partial charge >= 0.3 is 18.3 Å². The number of aliphatic hydroxyl groups is 6. The quantitative estimate of drug-likeness (QED) is 0.0542. The van der Waals surface area contributed by atoms with Gasteiger partial charge in [0.15, 0.2) is 18.9 Å². The average Bonchev–Trinajstić information content (AvgIpc) is 3.46. The SMILES string of the molecule is CC[C@@H]1O[C@H](OC2[C@@H](CN=[N+]=[N-])O[C@@H](O[C@H]3C(O[C@H]4OC(CNC(=O)OC(C)(C)C)C(O)[C@H](O)C4C)C(NC(=O)OC(C)(C)C)C[C@@H](NC(=O)OC(C)(C)C)C3O)[C@H]2O)C(C)C(O)C1O. The molecular weight excluding hydrogens is 864 g/mol. The zero-order chi connectivity index (χ0) is 48.9. The van der Waals surface area contributed by atoms with E-state index >= 15 is 0 Å². The Morgan fingerprint density at radius 2 is 1.05 bits per heavy atom. The van der Waals surface area contributed by atoms with Crippen molar-refractivity contribution in [1.29, 1.82) is 0 Å². The lowest BCUT2D eigenvalue weighted by molar-refractivity contribution is -0.319. The van der Waals surface area contributed by atoms with Crippen molar-refractivity contribution in [3.63, 3.8) is 0 Å². The third-order valence-corrected chi connectivity index (χ3v) is 11.1. The molecule has 4 aliphatic rings. The topological polar surface area (TPSA) is 341 Å². The molecule has 0 bridgehead atoms. The van der Waals surface area contributed by atoms with Crippen LogP contribution >= 0.6 is 0 Å². The molecule has 0 radical (unpaired) electrons. The lowest BCUT2D eigenvalue weighted by atomic mass is 9.83. The fourth-order valence-electron chi connectivity index (χ4n) is 7.90. The highest BCUT2D eigenvalue weighted by molar-refractivity contribution is 5.69. The molecule has 0 aromatic rings. The Hall–Kier alpha value is -3.36. The lowest BCUT2D eigenvalue weighted by Crippen LogP contribution is -2.68. The molecule has 24 heteroatoms. The van der Waals surface area contributed by atoms with Crippen LogP contribution in [-0.4, -0.2) is 183 Å². The van der Waals surface area contributed by atoms with Crippen LogP contribution in [0.4, 0.5) is 14.4 Å². The van der Waals surface area contributed by atoms with Crippen molar-refractivity contribution in [1.82, 2.24) is 16.0 Å². The van der Waals surface area contributed by atoms with Gasteiger partial charge in [-0.2, -0.15) is 0 Å². The van der Waals surface area contributed by atoms with Crippen LogP contribution < -0.4 is 16.0 Å². The molecule has 19 atom stereocenters. The Bertz CT molecular complexity index is 1640. The molecule has 4 rings (SSSR count). The second kappa shape index (κ2) is 22.2. The van der Waals surface area contributed by atoms with Gasteiger partial charge in [-0.15, -0.1) is 0 Å². The Balaban J connectivity index is 1.74. The van der Waals surface area contributed by atoms with Crippen molar-refractivity contribution in [2.24, 2.45) is 17.0 Å². The summed E-state index contributed by atoms with van der Waals surface area (Å²) in [6.07, 6.45) is -23.8. The number of hydrogen-bond acceptors (Lipinski definition) is 19.